The molecule has 0 aromatic carbocycles. The standard InChI is InChI=1S/C13H20N4O3/c1-14-9-10-5-3-4-8-16(10)13(18)11-6-7-12(15(11)2)17(19)20/h6-7,10,14H,3-5,8-9H2,1-2H3. The van der Waals surface area contributed by atoms with E-state index in [1.807, 2.05) is 11.9 Å². The first-order valence-corrected chi connectivity index (χ1v) is 6.82. The molecule has 0 aliphatic carbocycles. The maximum atomic E-state index is 12.6. The van der Waals surface area contributed by atoms with Crippen LogP contribution in [-0.2, 0) is 7.05 Å². The highest BCUT2D eigenvalue weighted by Gasteiger charge is 2.31. The molecule has 1 amide bonds. The Labute approximate surface area is 117 Å². The maximum Gasteiger partial charge on any atom is 0.323 e. The van der Waals surface area contributed by atoms with Gasteiger partial charge in [-0.05, 0) is 37.3 Å². The summed E-state index contributed by atoms with van der Waals surface area (Å²) in [6.07, 6.45) is 3.07. The third kappa shape index (κ3) is 2.67. The molecule has 1 aromatic heterocycles. The fourth-order valence-corrected chi connectivity index (χ4v) is 2.76. The second-order valence-corrected chi connectivity index (χ2v) is 5.10. The fourth-order valence-electron chi connectivity index (χ4n) is 2.76. The normalized spacial score (nSPS) is 19.1. The lowest BCUT2D eigenvalue weighted by molar-refractivity contribution is -0.391. The average Bonchev–Trinajstić information content (AvgIpc) is 2.81. The summed E-state index contributed by atoms with van der Waals surface area (Å²) < 4.78 is 1.35. The van der Waals surface area contributed by atoms with Gasteiger partial charge in [-0.1, -0.05) is 0 Å². The molecule has 1 aliphatic rings. The van der Waals surface area contributed by atoms with Crippen molar-refractivity contribution in [2.45, 2.75) is 25.3 Å². The highest BCUT2D eigenvalue weighted by Crippen LogP contribution is 2.22. The van der Waals surface area contributed by atoms with Gasteiger partial charge in [0.15, 0.2) is 5.69 Å². The molecular formula is C13H20N4O3. The fraction of sp³-hybridized carbons (Fsp3) is 0.615. The van der Waals surface area contributed by atoms with Gasteiger partial charge in [0, 0.05) is 25.2 Å². The number of nitrogens with one attached hydrogen (secondary N) is 1. The first-order chi connectivity index (χ1) is 9.56. The van der Waals surface area contributed by atoms with Gasteiger partial charge in [0.05, 0.1) is 7.05 Å². The van der Waals surface area contributed by atoms with Crippen LogP contribution in [0.4, 0.5) is 5.82 Å². The minimum atomic E-state index is -0.474. The molecule has 2 heterocycles. The number of piperidine rings is 1. The zero-order chi connectivity index (χ0) is 14.7. The third-order valence-corrected chi connectivity index (χ3v) is 3.83. The van der Waals surface area contributed by atoms with Crippen LogP contribution < -0.4 is 5.32 Å². The van der Waals surface area contributed by atoms with Gasteiger partial charge in [0.2, 0.25) is 0 Å². The van der Waals surface area contributed by atoms with E-state index in [0.717, 1.165) is 25.8 Å². The minimum absolute atomic E-state index is 0.0597. The zero-order valence-electron chi connectivity index (χ0n) is 11.8. The van der Waals surface area contributed by atoms with Gasteiger partial charge >= 0.3 is 5.82 Å². The summed E-state index contributed by atoms with van der Waals surface area (Å²) in [6.45, 7) is 1.46. The third-order valence-electron chi connectivity index (χ3n) is 3.83. The van der Waals surface area contributed by atoms with Crippen molar-refractivity contribution in [3.8, 4) is 0 Å². The molecule has 1 saturated heterocycles. The van der Waals surface area contributed by atoms with E-state index in [4.69, 9.17) is 0 Å². The second kappa shape index (κ2) is 6.04. The maximum absolute atomic E-state index is 12.6. The van der Waals surface area contributed by atoms with E-state index >= 15 is 0 Å². The predicted octanol–water partition coefficient (Wildman–Crippen LogP) is 1.15. The Bertz CT molecular complexity index is 510. The summed E-state index contributed by atoms with van der Waals surface area (Å²) in [7, 11) is 3.42. The number of carbonyl (C=O) groups excluding carboxylic acids is 1. The zero-order valence-corrected chi connectivity index (χ0v) is 11.8. The van der Waals surface area contributed by atoms with Gasteiger partial charge in [0.25, 0.3) is 5.91 Å². The molecule has 7 nitrogen and oxygen atoms in total. The quantitative estimate of drug-likeness (QED) is 0.662. The molecular weight excluding hydrogens is 260 g/mol. The number of aromatic nitrogens is 1. The predicted molar refractivity (Wildman–Crippen MR) is 74.7 cm³/mol. The molecule has 1 N–H and O–H groups in total. The molecule has 2 rings (SSSR count). The molecule has 1 fully saturated rings. The molecule has 0 spiro atoms. The highest BCUT2D eigenvalue weighted by atomic mass is 16.6. The number of hydrogen-bond acceptors (Lipinski definition) is 4. The summed E-state index contributed by atoms with van der Waals surface area (Å²) in [6, 6.07) is 3.07. The molecule has 1 aliphatic heterocycles. The van der Waals surface area contributed by atoms with Crippen LogP contribution in [0.25, 0.3) is 0 Å². The largest absolute Gasteiger partial charge is 0.358 e. The van der Waals surface area contributed by atoms with Crippen molar-refractivity contribution in [2.24, 2.45) is 7.05 Å². The molecule has 7 heteroatoms. The summed E-state index contributed by atoms with van der Waals surface area (Å²) in [4.78, 5) is 24.8. The second-order valence-electron chi connectivity index (χ2n) is 5.10. The van der Waals surface area contributed by atoms with Crippen molar-refractivity contribution in [2.75, 3.05) is 20.1 Å². The van der Waals surface area contributed by atoms with Crippen molar-refractivity contribution in [1.82, 2.24) is 14.8 Å². The minimum Gasteiger partial charge on any atom is -0.358 e. The number of nitro groups is 1. The number of amides is 1. The molecule has 1 atom stereocenters. The van der Waals surface area contributed by atoms with Crippen LogP contribution in [0.2, 0.25) is 0 Å². The van der Waals surface area contributed by atoms with Crippen LogP contribution in [0.3, 0.4) is 0 Å². The Kier molecular flexibility index (Phi) is 4.39. The summed E-state index contributed by atoms with van der Waals surface area (Å²) in [5, 5.41) is 14.0. The van der Waals surface area contributed by atoms with Gasteiger partial charge in [-0.25, -0.2) is 4.57 Å². The van der Waals surface area contributed by atoms with Crippen molar-refractivity contribution < 1.29 is 9.72 Å². The van der Waals surface area contributed by atoms with Gasteiger partial charge in [-0.15, -0.1) is 0 Å². The number of hydrogen-bond donors (Lipinski definition) is 1. The summed E-state index contributed by atoms with van der Waals surface area (Å²) >= 11 is 0. The van der Waals surface area contributed by atoms with E-state index in [2.05, 4.69) is 5.32 Å². The lowest BCUT2D eigenvalue weighted by atomic mass is 10.0. The molecule has 0 radical (unpaired) electrons. The van der Waals surface area contributed by atoms with Gasteiger partial charge < -0.3 is 20.3 Å². The smallest absolute Gasteiger partial charge is 0.323 e. The Hall–Kier alpha value is -1.89. The summed E-state index contributed by atoms with van der Waals surface area (Å²) in [5.74, 6) is -0.184. The van der Waals surface area contributed by atoms with Crippen LogP contribution in [0, 0.1) is 10.1 Å². The van der Waals surface area contributed by atoms with E-state index in [1.54, 1.807) is 7.05 Å². The van der Waals surface area contributed by atoms with Gasteiger partial charge in [-0.2, -0.15) is 0 Å². The van der Waals surface area contributed by atoms with Gasteiger partial charge in [0.1, 0.15) is 0 Å². The first kappa shape index (κ1) is 14.5. The SMILES string of the molecule is CNCC1CCCCN1C(=O)c1ccc([N+](=O)[O-])n1C. The van der Waals surface area contributed by atoms with Crippen LogP contribution >= 0.6 is 0 Å². The Morgan fingerprint density at radius 3 is 2.85 bits per heavy atom. The lowest BCUT2D eigenvalue weighted by Gasteiger charge is -2.35. The molecule has 0 saturated carbocycles. The molecule has 20 heavy (non-hydrogen) atoms. The van der Waals surface area contributed by atoms with Crippen LogP contribution in [0.5, 0.6) is 0 Å². The van der Waals surface area contributed by atoms with Crippen molar-refractivity contribution in [3.05, 3.63) is 27.9 Å². The topological polar surface area (TPSA) is 80.4 Å². The van der Waals surface area contributed by atoms with E-state index in [1.165, 1.54) is 16.7 Å². The number of likely N-dealkylation sites (tertiary alicyclic amines) is 1. The van der Waals surface area contributed by atoms with Gasteiger partial charge in [-0.3, -0.25) is 4.79 Å². The van der Waals surface area contributed by atoms with Crippen molar-refractivity contribution in [3.63, 3.8) is 0 Å². The van der Waals surface area contributed by atoms with Crippen LogP contribution in [-0.4, -0.2) is 46.5 Å². The Balaban J connectivity index is 2.23. The molecule has 1 unspecified atom stereocenters. The molecule has 110 valence electrons. The van der Waals surface area contributed by atoms with E-state index < -0.39 is 4.92 Å². The van der Waals surface area contributed by atoms with E-state index in [0.29, 0.717) is 12.2 Å². The lowest BCUT2D eigenvalue weighted by Crippen LogP contribution is -2.48. The van der Waals surface area contributed by atoms with Crippen LogP contribution in [0.15, 0.2) is 12.1 Å². The first-order valence-electron chi connectivity index (χ1n) is 6.82. The summed E-state index contributed by atoms with van der Waals surface area (Å²) in [5.41, 5.74) is 0.375. The van der Waals surface area contributed by atoms with Crippen LogP contribution in [0.1, 0.15) is 29.8 Å². The number of carbonyl (C=O) groups is 1. The number of likely N-dealkylation sites (N-methyl/N-ethyl adjacent to an activating group) is 1. The monoisotopic (exact) mass is 280 g/mol. The Morgan fingerprint density at radius 1 is 1.50 bits per heavy atom. The molecule has 0 bridgehead atoms. The van der Waals surface area contributed by atoms with E-state index in [9.17, 15) is 14.9 Å². The Morgan fingerprint density at radius 2 is 2.25 bits per heavy atom. The van der Waals surface area contributed by atoms with E-state index in [-0.39, 0.29) is 17.8 Å². The highest BCUT2D eigenvalue weighted by molar-refractivity contribution is 5.93. The number of rotatable bonds is 4. The average molecular weight is 280 g/mol. The molecule has 1 aromatic rings. The number of nitrogens with zero attached hydrogens (tertiary/aromatic N) is 3. The van der Waals surface area contributed by atoms with Crippen molar-refractivity contribution in [1.29, 1.82) is 0 Å². The van der Waals surface area contributed by atoms with Crippen molar-refractivity contribution >= 4 is 11.7 Å².